The van der Waals surface area contributed by atoms with E-state index in [2.05, 4.69) is 37.9 Å². The Bertz CT molecular complexity index is 199. The first-order valence-electron chi connectivity index (χ1n) is 7.28. The minimum absolute atomic E-state index is 0.657. The van der Waals surface area contributed by atoms with Crippen LogP contribution in [0.1, 0.15) is 40.5 Å². The van der Waals surface area contributed by atoms with Gasteiger partial charge in [-0.15, -0.1) is 0 Å². The lowest BCUT2D eigenvalue weighted by atomic mass is 9.95. The molecule has 1 fully saturated rings. The average molecular weight is 242 g/mol. The Morgan fingerprint density at radius 2 is 2.12 bits per heavy atom. The van der Waals surface area contributed by atoms with Gasteiger partial charge in [-0.25, -0.2) is 0 Å². The normalized spacial score (nSPS) is 28.2. The summed E-state index contributed by atoms with van der Waals surface area (Å²) in [5, 5.41) is 3.71. The van der Waals surface area contributed by atoms with Gasteiger partial charge in [-0.1, -0.05) is 27.2 Å². The summed E-state index contributed by atoms with van der Waals surface area (Å²) in [4.78, 5) is 2.61. The molecule has 0 saturated carbocycles. The fourth-order valence-corrected chi connectivity index (χ4v) is 2.55. The predicted molar refractivity (Wildman–Crippen MR) is 73.4 cm³/mol. The molecule has 1 N–H and O–H groups in total. The van der Waals surface area contributed by atoms with E-state index in [0.717, 1.165) is 32.2 Å². The first-order chi connectivity index (χ1) is 8.22. The highest BCUT2D eigenvalue weighted by molar-refractivity contribution is 4.87. The largest absolute Gasteiger partial charge is 0.380 e. The molecule has 0 aromatic rings. The number of rotatable bonds is 7. The lowest BCUT2D eigenvalue weighted by Crippen LogP contribution is -2.58. The van der Waals surface area contributed by atoms with Gasteiger partial charge in [-0.2, -0.15) is 0 Å². The van der Waals surface area contributed by atoms with Crippen LogP contribution in [0.4, 0.5) is 0 Å². The monoisotopic (exact) mass is 242 g/mol. The molecule has 102 valence electrons. The van der Waals surface area contributed by atoms with Crippen LogP contribution in [0.3, 0.4) is 0 Å². The van der Waals surface area contributed by atoms with E-state index in [9.17, 15) is 0 Å². The van der Waals surface area contributed by atoms with Crippen LogP contribution in [0, 0.1) is 5.92 Å². The van der Waals surface area contributed by atoms with Crippen LogP contribution in [0.2, 0.25) is 0 Å². The summed E-state index contributed by atoms with van der Waals surface area (Å²) in [7, 11) is 0. The molecule has 3 heteroatoms. The Balaban J connectivity index is 2.43. The van der Waals surface area contributed by atoms with Crippen molar-refractivity contribution < 1.29 is 4.74 Å². The number of ether oxygens (including phenoxy) is 1. The molecule has 1 heterocycles. The van der Waals surface area contributed by atoms with Crippen molar-refractivity contribution in [3.05, 3.63) is 0 Å². The zero-order valence-electron chi connectivity index (χ0n) is 12.0. The van der Waals surface area contributed by atoms with Crippen molar-refractivity contribution in [1.82, 2.24) is 10.2 Å². The molecular formula is C14H30N2O. The van der Waals surface area contributed by atoms with Crippen LogP contribution in [0.15, 0.2) is 0 Å². The first-order valence-corrected chi connectivity index (χ1v) is 7.28. The predicted octanol–water partition coefficient (Wildman–Crippen LogP) is 2.12. The van der Waals surface area contributed by atoms with Gasteiger partial charge in [0.15, 0.2) is 0 Å². The van der Waals surface area contributed by atoms with Crippen LogP contribution in [0.5, 0.6) is 0 Å². The summed E-state index contributed by atoms with van der Waals surface area (Å²) < 4.78 is 5.49. The Morgan fingerprint density at radius 1 is 1.35 bits per heavy atom. The van der Waals surface area contributed by atoms with Crippen molar-refractivity contribution in [2.24, 2.45) is 5.92 Å². The second-order valence-electron chi connectivity index (χ2n) is 5.15. The van der Waals surface area contributed by atoms with E-state index in [-0.39, 0.29) is 0 Å². The molecule has 1 saturated heterocycles. The van der Waals surface area contributed by atoms with Gasteiger partial charge in [0.25, 0.3) is 0 Å². The van der Waals surface area contributed by atoms with Gasteiger partial charge in [0.1, 0.15) is 0 Å². The van der Waals surface area contributed by atoms with E-state index >= 15 is 0 Å². The van der Waals surface area contributed by atoms with E-state index in [1.165, 1.54) is 19.4 Å². The van der Waals surface area contributed by atoms with Gasteiger partial charge in [-0.05, 0) is 19.3 Å². The molecular weight excluding hydrogens is 212 g/mol. The molecule has 1 rings (SSSR count). The Kier molecular flexibility index (Phi) is 7.09. The zero-order chi connectivity index (χ0) is 12.7. The minimum atomic E-state index is 0.657. The molecule has 0 aromatic heterocycles. The van der Waals surface area contributed by atoms with Gasteiger partial charge < -0.3 is 10.1 Å². The lowest BCUT2D eigenvalue weighted by molar-refractivity contribution is 0.0600. The van der Waals surface area contributed by atoms with Crippen LogP contribution >= 0.6 is 0 Å². The van der Waals surface area contributed by atoms with E-state index in [0.29, 0.717) is 12.1 Å². The summed E-state index contributed by atoms with van der Waals surface area (Å²) in [5.74, 6) is 0.766. The molecule has 3 nitrogen and oxygen atoms in total. The van der Waals surface area contributed by atoms with E-state index in [1.807, 2.05) is 0 Å². The summed E-state index contributed by atoms with van der Waals surface area (Å²) in [5.41, 5.74) is 0. The first kappa shape index (κ1) is 14.9. The molecule has 0 aromatic carbocycles. The highest BCUT2D eigenvalue weighted by Crippen LogP contribution is 2.16. The number of hydrogen-bond donors (Lipinski definition) is 1. The van der Waals surface area contributed by atoms with Gasteiger partial charge in [0.2, 0.25) is 0 Å². The van der Waals surface area contributed by atoms with E-state index in [1.54, 1.807) is 0 Å². The molecule has 0 radical (unpaired) electrons. The number of hydrogen-bond acceptors (Lipinski definition) is 3. The third-order valence-corrected chi connectivity index (χ3v) is 4.09. The fourth-order valence-electron chi connectivity index (χ4n) is 2.55. The summed E-state index contributed by atoms with van der Waals surface area (Å²) in [6, 6.07) is 1.35. The van der Waals surface area contributed by atoms with Crippen molar-refractivity contribution in [1.29, 1.82) is 0 Å². The molecule has 3 atom stereocenters. The fraction of sp³-hybridized carbons (Fsp3) is 1.00. The number of nitrogens with zero attached hydrogens (tertiary/aromatic N) is 1. The van der Waals surface area contributed by atoms with Gasteiger partial charge in [0, 0.05) is 38.3 Å². The van der Waals surface area contributed by atoms with Gasteiger partial charge in [-0.3, -0.25) is 4.90 Å². The third kappa shape index (κ3) is 4.57. The summed E-state index contributed by atoms with van der Waals surface area (Å²) in [6.45, 7) is 14.1. The van der Waals surface area contributed by atoms with Crippen LogP contribution in [-0.2, 0) is 4.74 Å². The molecule has 0 bridgehead atoms. The minimum Gasteiger partial charge on any atom is -0.380 e. The molecule has 17 heavy (non-hydrogen) atoms. The van der Waals surface area contributed by atoms with Crippen molar-refractivity contribution in [3.63, 3.8) is 0 Å². The third-order valence-electron chi connectivity index (χ3n) is 4.09. The Hall–Kier alpha value is -0.120. The second kappa shape index (κ2) is 8.06. The quantitative estimate of drug-likeness (QED) is 0.692. The maximum Gasteiger partial charge on any atom is 0.0593 e. The smallest absolute Gasteiger partial charge is 0.0593 e. The molecule has 0 spiro atoms. The standard InChI is InChI=1S/C14H30N2O/c1-5-12(4)14-11-16(8-9-17-7-3)13(6-2)10-15-14/h12-15H,5-11H2,1-4H3. The molecule has 1 aliphatic heterocycles. The van der Waals surface area contributed by atoms with Crippen LogP contribution < -0.4 is 5.32 Å². The van der Waals surface area contributed by atoms with Crippen molar-refractivity contribution >= 4 is 0 Å². The highest BCUT2D eigenvalue weighted by atomic mass is 16.5. The maximum absolute atomic E-state index is 5.49. The van der Waals surface area contributed by atoms with Gasteiger partial charge >= 0.3 is 0 Å². The second-order valence-corrected chi connectivity index (χ2v) is 5.15. The molecule has 0 aliphatic carbocycles. The molecule has 3 unspecified atom stereocenters. The maximum atomic E-state index is 5.49. The van der Waals surface area contributed by atoms with Crippen LogP contribution in [0.25, 0.3) is 0 Å². The summed E-state index contributed by atoms with van der Waals surface area (Å²) in [6.07, 6.45) is 2.49. The zero-order valence-corrected chi connectivity index (χ0v) is 12.0. The van der Waals surface area contributed by atoms with E-state index < -0.39 is 0 Å². The highest BCUT2D eigenvalue weighted by Gasteiger charge is 2.28. The number of nitrogens with one attached hydrogen (secondary N) is 1. The van der Waals surface area contributed by atoms with Crippen molar-refractivity contribution in [3.8, 4) is 0 Å². The Labute approximate surface area is 107 Å². The Morgan fingerprint density at radius 3 is 2.71 bits per heavy atom. The molecule has 1 aliphatic rings. The SMILES string of the molecule is CCOCCN1CC(C(C)CC)NCC1CC. The van der Waals surface area contributed by atoms with Crippen molar-refractivity contribution in [2.75, 3.05) is 32.8 Å². The topological polar surface area (TPSA) is 24.5 Å². The van der Waals surface area contributed by atoms with Crippen molar-refractivity contribution in [2.45, 2.75) is 52.6 Å². The van der Waals surface area contributed by atoms with E-state index in [4.69, 9.17) is 4.74 Å². The van der Waals surface area contributed by atoms with Crippen LogP contribution in [-0.4, -0.2) is 49.8 Å². The number of piperazine rings is 1. The average Bonchev–Trinajstić information content (AvgIpc) is 2.38. The summed E-state index contributed by atoms with van der Waals surface area (Å²) >= 11 is 0. The molecule has 0 amide bonds. The van der Waals surface area contributed by atoms with Gasteiger partial charge in [0.05, 0.1) is 6.61 Å². The lowest BCUT2D eigenvalue weighted by Gasteiger charge is -2.42.